The zero-order chi connectivity index (χ0) is 13.7. The van der Waals surface area contributed by atoms with Crippen molar-refractivity contribution in [1.82, 2.24) is 10.3 Å². The number of pyridine rings is 1. The van der Waals surface area contributed by atoms with Crippen LogP contribution >= 0.6 is 0 Å². The van der Waals surface area contributed by atoms with Crippen LogP contribution in [-0.2, 0) is 6.42 Å². The van der Waals surface area contributed by atoms with E-state index in [0.717, 1.165) is 5.69 Å². The van der Waals surface area contributed by atoms with Crippen molar-refractivity contribution in [2.24, 2.45) is 0 Å². The van der Waals surface area contributed by atoms with Gasteiger partial charge in [0.1, 0.15) is 11.6 Å². The third-order valence-corrected chi connectivity index (χ3v) is 3.11. The summed E-state index contributed by atoms with van der Waals surface area (Å²) in [5, 5.41) is 2.96. The molecule has 1 N–H and O–H groups in total. The van der Waals surface area contributed by atoms with Crippen molar-refractivity contribution in [3.05, 3.63) is 65.5 Å². The van der Waals surface area contributed by atoms with Crippen LogP contribution in [0.15, 0.2) is 42.6 Å². The summed E-state index contributed by atoms with van der Waals surface area (Å²) in [6.45, 7) is 0. The van der Waals surface area contributed by atoms with E-state index in [1.54, 1.807) is 13.2 Å². The van der Waals surface area contributed by atoms with Gasteiger partial charge >= 0.3 is 0 Å². The molecule has 0 aliphatic carbocycles. The minimum absolute atomic E-state index is 0.0981. The Balaban J connectivity index is 2.12. The van der Waals surface area contributed by atoms with Gasteiger partial charge in [-0.2, -0.15) is 0 Å². The van der Waals surface area contributed by atoms with Gasteiger partial charge in [0.05, 0.1) is 0 Å². The number of rotatable bonds is 5. The highest BCUT2D eigenvalue weighted by Gasteiger charge is 2.18. The predicted molar refractivity (Wildman–Crippen MR) is 70.7 cm³/mol. The lowest BCUT2D eigenvalue weighted by Gasteiger charge is -2.17. The lowest BCUT2D eigenvalue weighted by molar-refractivity contribution is 0.470. The quantitative estimate of drug-likeness (QED) is 0.894. The minimum atomic E-state index is -0.514. The van der Waals surface area contributed by atoms with E-state index in [9.17, 15) is 8.78 Å². The van der Waals surface area contributed by atoms with E-state index < -0.39 is 11.6 Å². The van der Waals surface area contributed by atoms with Crippen LogP contribution in [0.5, 0.6) is 0 Å². The number of nitrogens with one attached hydrogen (secondary N) is 1. The number of aryl methyl sites for hydroxylation is 1. The molecule has 1 heterocycles. The second kappa shape index (κ2) is 6.38. The van der Waals surface area contributed by atoms with E-state index in [-0.39, 0.29) is 11.6 Å². The van der Waals surface area contributed by atoms with Crippen molar-refractivity contribution in [2.45, 2.75) is 18.9 Å². The molecule has 100 valence electrons. The normalized spacial score (nSPS) is 12.4. The largest absolute Gasteiger partial charge is 0.313 e. The summed E-state index contributed by atoms with van der Waals surface area (Å²) in [5.41, 5.74) is 1.01. The first kappa shape index (κ1) is 13.6. The fourth-order valence-electron chi connectivity index (χ4n) is 2.11. The van der Waals surface area contributed by atoms with Gasteiger partial charge in [0.25, 0.3) is 0 Å². The van der Waals surface area contributed by atoms with Crippen molar-refractivity contribution in [3.63, 3.8) is 0 Å². The molecule has 1 aromatic carbocycles. The summed E-state index contributed by atoms with van der Waals surface area (Å²) >= 11 is 0. The Labute approximate surface area is 111 Å². The number of hydrogen-bond acceptors (Lipinski definition) is 2. The van der Waals surface area contributed by atoms with Crippen molar-refractivity contribution < 1.29 is 8.78 Å². The molecular weight excluding hydrogens is 246 g/mol. The summed E-state index contributed by atoms with van der Waals surface area (Å²) in [7, 11) is 1.70. The zero-order valence-electron chi connectivity index (χ0n) is 10.7. The van der Waals surface area contributed by atoms with Gasteiger partial charge in [-0.3, -0.25) is 4.98 Å². The summed E-state index contributed by atoms with van der Waals surface area (Å²) in [6, 6.07) is 9.23. The van der Waals surface area contributed by atoms with Crippen molar-refractivity contribution in [2.75, 3.05) is 7.05 Å². The standard InChI is InChI=1S/C15H16F2N2/c1-18-14(9-8-11-5-2-3-10-19-11)15-12(16)6-4-7-13(15)17/h2-7,10,14,18H,8-9H2,1H3. The number of aromatic nitrogens is 1. The Hall–Kier alpha value is -1.81. The van der Waals surface area contributed by atoms with Crippen molar-refractivity contribution in [1.29, 1.82) is 0 Å². The molecule has 0 aliphatic rings. The number of benzene rings is 1. The SMILES string of the molecule is CNC(CCc1ccccn1)c1c(F)cccc1F. The monoisotopic (exact) mass is 262 g/mol. The molecular formula is C15H16F2N2. The highest BCUT2D eigenvalue weighted by atomic mass is 19.1. The third-order valence-electron chi connectivity index (χ3n) is 3.11. The van der Waals surface area contributed by atoms with E-state index in [0.29, 0.717) is 12.8 Å². The summed E-state index contributed by atoms with van der Waals surface area (Å²) in [4.78, 5) is 4.21. The molecule has 2 aromatic rings. The van der Waals surface area contributed by atoms with Gasteiger partial charge in [0.15, 0.2) is 0 Å². The summed E-state index contributed by atoms with van der Waals surface area (Å²) in [5.74, 6) is -1.03. The minimum Gasteiger partial charge on any atom is -0.313 e. The highest BCUT2D eigenvalue weighted by Crippen LogP contribution is 2.24. The highest BCUT2D eigenvalue weighted by molar-refractivity contribution is 5.23. The molecule has 0 fully saturated rings. The molecule has 4 heteroatoms. The molecule has 0 bridgehead atoms. The lowest BCUT2D eigenvalue weighted by Crippen LogP contribution is -2.20. The van der Waals surface area contributed by atoms with Crippen LogP contribution in [0.4, 0.5) is 8.78 Å². The molecule has 2 rings (SSSR count). The van der Waals surface area contributed by atoms with Crippen LogP contribution in [0, 0.1) is 11.6 Å². The number of hydrogen-bond donors (Lipinski definition) is 1. The van der Waals surface area contributed by atoms with Gasteiger partial charge in [0, 0.05) is 23.5 Å². The summed E-state index contributed by atoms with van der Waals surface area (Å²) in [6.07, 6.45) is 2.97. The zero-order valence-corrected chi connectivity index (χ0v) is 10.7. The van der Waals surface area contributed by atoms with E-state index in [2.05, 4.69) is 10.3 Å². The van der Waals surface area contributed by atoms with Crippen LogP contribution in [0.25, 0.3) is 0 Å². The fraction of sp³-hybridized carbons (Fsp3) is 0.267. The molecule has 1 atom stereocenters. The van der Waals surface area contributed by atoms with Crippen LogP contribution in [0.3, 0.4) is 0 Å². The van der Waals surface area contributed by atoms with Crippen LogP contribution < -0.4 is 5.32 Å². The van der Waals surface area contributed by atoms with Gasteiger partial charge in [-0.05, 0) is 44.2 Å². The number of halogens is 2. The van der Waals surface area contributed by atoms with Gasteiger partial charge in [-0.15, -0.1) is 0 Å². The smallest absolute Gasteiger partial charge is 0.130 e. The Morgan fingerprint density at radius 2 is 1.84 bits per heavy atom. The van der Waals surface area contributed by atoms with E-state index in [4.69, 9.17) is 0 Å². The second-order valence-electron chi connectivity index (χ2n) is 4.34. The molecule has 0 saturated carbocycles. The maximum Gasteiger partial charge on any atom is 0.130 e. The molecule has 0 spiro atoms. The Morgan fingerprint density at radius 3 is 2.42 bits per heavy atom. The molecule has 2 nitrogen and oxygen atoms in total. The van der Waals surface area contributed by atoms with Crippen molar-refractivity contribution >= 4 is 0 Å². The molecule has 19 heavy (non-hydrogen) atoms. The molecule has 0 radical (unpaired) electrons. The van der Waals surface area contributed by atoms with E-state index in [1.807, 2.05) is 18.2 Å². The molecule has 0 amide bonds. The van der Waals surface area contributed by atoms with Gasteiger partial charge < -0.3 is 5.32 Å². The van der Waals surface area contributed by atoms with Gasteiger partial charge in [-0.25, -0.2) is 8.78 Å². The first-order chi connectivity index (χ1) is 9.22. The van der Waals surface area contributed by atoms with Gasteiger partial charge in [-0.1, -0.05) is 12.1 Å². The molecule has 0 saturated heterocycles. The fourth-order valence-corrected chi connectivity index (χ4v) is 2.11. The van der Waals surface area contributed by atoms with Crippen molar-refractivity contribution in [3.8, 4) is 0 Å². The first-order valence-electron chi connectivity index (χ1n) is 6.23. The third kappa shape index (κ3) is 3.35. The molecule has 1 unspecified atom stereocenters. The van der Waals surface area contributed by atoms with E-state index >= 15 is 0 Å². The second-order valence-corrected chi connectivity index (χ2v) is 4.34. The van der Waals surface area contributed by atoms with Gasteiger partial charge in [0.2, 0.25) is 0 Å². The van der Waals surface area contributed by atoms with Crippen LogP contribution in [0.2, 0.25) is 0 Å². The Kier molecular flexibility index (Phi) is 4.58. The predicted octanol–water partition coefficient (Wildman–Crippen LogP) is 3.25. The van der Waals surface area contributed by atoms with Crippen LogP contribution in [0.1, 0.15) is 23.7 Å². The maximum atomic E-state index is 13.7. The topological polar surface area (TPSA) is 24.9 Å². The summed E-state index contributed by atoms with van der Waals surface area (Å²) < 4.78 is 27.4. The average molecular weight is 262 g/mol. The lowest BCUT2D eigenvalue weighted by atomic mass is 10.00. The Bertz CT molecular complexity index is 509. The molecule has 1 aromatic heterocycles. The maximum absolute atomic E-state index is 13.7. The average Bonchev–Trinajstić information content (AvgIpc) is 2.43. The first-order valence-corrected chi connectivity index (χ1v) is 6.23. The number of nitrogens with zero attached hydrogens (tertiary/aromatic N) is 1. The van der Waals surface area contributed by atoms with E-state index in [1.165, 1.54) is 18.2 Å². The molecule has 0 aliphatic heterocycles. The Morgan fingerprint density at radius 1 is 1.11 bits per heavy atom. The van der Waals surface area contributed by atoms with Crippen LogP contribution in [-0.4, -0.2) is 12.0 Å².